The molecule has 10 heteroatoms. The number of hydrogen-bond donors (Lipinski definition) is 4. The molecule has 0 saturated carbocycles. The van der Waals surface area contributed by atoms with Crippen molar-refractivity contribution >= 4 is 68.2 Å². The summed E-state index contributed by atoms with van der Waals surface area (Å²) in [7, 11) is 0. The van der Waals surface area contributed by atoms with E-state index in [9.17, 15) is 9.59 Å². The molecule has 0 saturated heterocycles. The lowest BCUT2D eigenvalue weighted by Crippen LogP contribution is -2.09. The Bertz CT molecular complexity index is 2320. The minimum Gasteiger partial charge on any atom is -0.365 e. The number of nitrogens with zero attached hydrogens (tertiary/aromatic N) is 2. The van der Waals surface area contributed by atoms with Crippen LogP contribution in [-0.4, -0.2) is 31.5 Å². The van der Waals surface area contributed by atoms with Crippen LogP contribution in [0.1, 0.15) is 43.0 Å². The van der Waals surface area contributed by atoms with Crippen molar-refractivity contribution in [3.63, 3.8) is 0 Å². The van der Waals surface area contributed by atoms with Gasteiger partial charge in [0.05, 0.1) is 32.2 Å². The van der Waals surface area contributed by atoms with Crippen molar-refractivity contribution in [1.82, 2.24) is 19.9 Å². The van der Waals surface area contributed by atoms with E-state index in [2.05, 4.69) is 30.6 Å². The first-order valence-corrected chi connectivity index (χ1v) is 17.3. The van der Waals surface area contributed by atoms with Gasteiger partial charge in [0.1, 0.15) is 11.6 Å². The van der Waals surface area contributed by atoms with Gasteiger partial charge in [-0.05, 0) is 47.5 Å². The van der Waals surface area contributed by atoms with Gasteiger partial charge in [0.15, 0.2) is 11.6 Å². The highest BCUT2D eigenvalue weighted by Crippen LogP contribution is 2.29. The summed E-state index contributed by atoms with van der Waals surface area (Å²) < 4.78 is 0. The summed E-state index contributed by atoms with van der Waals surface area (Å²) in [6.07, 6.45) is 6.76. The predicted octanol–water partition coefficient (Wildman–Crippen LogP) is 10.1. The molecular weight excluding hydrogens is 691 g/mol. The molecule has 0 fully saturated rings. The zero-order valence-electron chi connectivity index (χ0n) is 27.7. The Labute approximate surface area is 309 Å². The molecule has 4 N–H and O–H groups in total. The molecule has 0 spiro atoms. The number of para-hydroxylation sites is 2. The molecule has 0 bridgehead atoms. The van der Waals surface area contributed by atoms with Crippen LogP contribution in [0.3, 0.4) is 0 Å². The number of fused-ring (bicyclic) bond motifs is 2. The topological polar surface area (TPSA) is 116 Å². The molecule has 0 aliphatic carbocycles. The monoisotopic (exact) mass is 722 g/mol. The first-order chi connectivity index (χ1) is 25.5. The molecular formula is C42H32Cl2N6O2. The largest absolute Gasteiger partial charge is 0.365 e. The van der Waals surface area contributed by atoms with Gasteiger partial charge < -0.3 is 20.6 Å². The highest BCUT2D eigenvalue weighted by atomic mass is 35.5. The number of aromatic amines is 2. The Kier molecular flexibility index (Phi) is 10.4. The van der Waals surface area contributed by atoms with Gasteiger partial charge in [0.25, 0.3) is 0 Å². The molecule has 52 heavy (non-hydrogen) atoms. The molecule has 0 unspecified atom stereocenters. The summed E-state index contributed by atoms with van der Waals surface area (Å²) in [6.45, 7) is 1.19. The van der Waals surface area contributed by atoms with Crippen molar-refractivity contribution in [2.24, 2.45) is 0 Å². The van der Waals surface area contributed by atoms with E-state index < -0.39 is 0 Å². The van der Waals surface area contributed by atoms with Crippen LogP contribution in [0.15, 0.2) is 146 Å². The molecule has 256 valence electrons. The van der Waals surface area contributed by atoms with Crippen LogP contribution in [0.5, 0.6) is 0 Å². The Morgan fingerprint density at radius 2 is 0.923 bits per heavy atom. The molecule has 8 nitrogen and oxygen atoms in total. The molecule has 0 atom stereocenters. The number of carbonyl (C=O) groups excluding carboxylic acids is 2. The number of carbonyl (C=O) groups is 2. The SMILES string of the molecule is O=C(c1cccnc1NCc1ccccc1)c1c[nH]c2c(Cl)cccc12.O=C(c1cccnc1NCc1ccccc1)c1c[nH]c2c(Cl)cccc12. The van der Waals surface area contributed by atoms with Gasteiger partial charge in [-0.25, -0.2) is 9.97 Å². The zero-order chi connectivity index (χ0) is 35.9. The summed E-state index contributed by atoms with van der Waals surface area (Å²) in [5.74, 6) is 0.944. The third-order valence-corrected chi connectivity index (χ3v) is 9.16. The van der Waals surface area contributed by atoms with Crippen LogP contribution in [0.4, 0.5) is 11.6 Å². The Morgan fingerprint density at radius 3 is 1.35 bits per heavy atom. The Balaban J connectivity index is 0.000000162. The summed E-state index contributed by atoms with van der Waals surface area (Å²) in [5.41, 5.74) is 6.00. The molecule has 8 aromatic rings. The van der Waals surface area contributed by atoms with Crippen molar-refractivity contribution in [2.75, 3.05) is 10.6 Å². The highest BCUT2D eigenvalue weighted by molar-refractivity contribution is 6.36. The van der Waals surface area contributed by atoms with Gasteiger partial charge in [-0.2, -0.15) is 0 Å². The van der Waals surface area contributed by atoms with Crippen LogP contribution < -0.4 is 10.6 Å². The number of benzene rings is 4. The third-order valence-electron chi connectivity index (χ3n) is 8.53. The van der Waals surface area contributed by atoms with E-state index in [4.69, 9.17) is 23.2 Å². The number of nitrogens with one attached hydrogen (secondary N) is 4. The summed E-state index contributed by atoms with van der Waals surface area (Å²) in [4.78, 5) is 41.1. The van der Waals surface area contributed by atoms with E-state index in [1.54, 1.807) is 61.2 Å². The third kappa shape index (κ3) is 7.44. The van der Waals surface area contributed by atoms with Gasteiger partial charge in [-0.15, -0.1) is 0 Å². The van der Waals surface area contributed by atoms with E-state index in [-0.39, 0.29) is 11.6 Å². The summed E-state index contributed by atoms with van der Waals surface area (Å²) in [6, 6.07) is 38.1. The fourth-order valence-electron chi connectivity index (χ4n) is 5.92. The number of pyridine rings is 2. The van der Waals surface area contributed by atoms with E-state index in [1.165, 1.54) is 0 Å². The second-order valence-corrected chi connectivity index (χ2v) is 12.7. The van der Waals surface area contributed by atoms with E-state index in [1.807, 2.05) is 84.9 Å². The average Bonchev–Trinajstić information content (AvgIpc) is 3.84. The van der Waals surface area contributed by atoms with Crippen LogP contribution in [0.25, 0.3) is 21.8 Å². The second kappa shape index (κ2) is 15.8. The fourth-order valence-corrected chi connectivity index (χ4v) is 6.38. The van der Waals surface area contributed by atoms with Gasteiger partial charge in [-0.1, -0.05) is 108 Å². The molecule has 8 rings (SSSR count). The van der Waals surface area contributed by atoms with Crippen LogP contribution in [0.2, 0.25) is 10.0 Å². The van der Waals surface area contributed by atoms with E-state index in [0.29, 0.717) is 57.0 Å². The molecule has 4 heterocycles. The van der Waals surface area contributed by atoms with Crippen LogP contribution >= 0.6 is 23.2 Å². The fraction of sp³-hybridized carbons (Fsp3) is 0.0476. The summed E-state index contributed by atoms with van der Waals surface area (Å²) in [5, 5.41) is 9.32. The van der Waals surface area contributed by atoms with Gasteiger partial charge in [0.2, 0.25) is 0 Å². The van der Waals surface area contributed by atoms with Crippen LogP contribution in [0, 0.1) is 0 Å². The number of anilines is 2. The number of rotatable bonds is 10. The quantitative estimate of drug-likeness (QED) is 0.104. The van der Waals surface area contributed by atoms with Crippen molar-refractivity contribution in [3.8, 4) is 0 Å². The molecule has 4 aromatic carbocycles. The van der Waals surface area contributed by atoms with Crippen molar-refractivity contribution < 1.29 is 9.59 Å². The second-order valence-electron chi connectivity index (χ2n) is 11.9. The molecule has 0 radical (unpaired) electrons. The minimum atomic E-state index is -0.0952. The maximum absolute atomic E-state index is 13.1. The minimum absolute atomic E-state index is 0.0952. The smallest absolute Gasteiger partial charge is 0.198 e. The number of hydrogen-bond acceptors (Lipinski definition) is 6. The van der Waals surface area contributed by atoms with Crippen molar-refractivity contribution in [3.05, 3.63) is 190 Å². The lowest BCUT2D eigenvalue weighted by molar-refractivity contribution is 0.103. The highest BCUT2D eigenvalue weighted by Gasteiger charge is 2.20. The van der Waals surface area contributed by atoms with Crippen molar-refractivity contribution in [2.45, 2.75) is 13.1 Å². The first-order valence-electron chi connectivity index (χ1n) is 16.5. The summed E-state index contributed by atoms with van der Waals surface area (Å²) >= 11 is 12.4. The maximum Gasteiger partial charge on any atom is 0.198 e. The Morgan fingerprint density at radius 1 is 0.500 bits per heavy atom. The van der Waals surface area contributed by atoms with Crippen molar-refractivity contribution in [1.29, 1.82) is 0 Å². The molecule has 0 amide bonds. The van der Waals surface area contributed by atoms with Gasteiger partial charge in [-0.3, -0.25) is 9.59 Å². The Hall–Kier alpha value is -6.22. The standard InChI is InChI=1S/2C21H16ClN3O/c2*22-18-10-4-8-15-17(13-24-19(15)18)20(26)16-9-5-11-23-21(16)25-12-14-6-2-1-3-7-14/h2*1-11,13,24H,12H2,(H,23,25). The van der Waals surface area contributed by atoms with Gasteiger partial charge >= 0.3 is 0 Å². The van der Waals surface area contributed by atoms with E-state index in [0.717, 1.165) is 32.9 Å². The normalized spacial score (nSPS) is 10.8. The number of ketones is 2. The lowest BCUT2D eigenvalue weighted by Gasteiger charge is -2.10. The molecule has 0 aliphatic rings. The molecule has 0 aliphatic heterocycles. The number of H-pyrrole nitrogens is 2. The zero-order valence-corrected chi connectivity index (χ0v) is 29.2. The average molecular weight is 724 g/mol. The molecule has 4 aromatic heterocycles. The van der Waals surface area contributed by atoms with E-state index >= 15 is 0 Å². The van der Waals surface area contributed by atoms with Gasteiger partial charge in [0, 0.05) is 59.8 Å². The first kappa shape index (κ1) is 34.2. The predicted molar refractivity (Wildman–Crippen MR) is 209 cm³/mol. The lowest BCUT2D eigenvalue weighted by atomic mass is 10.0. The number of aromatic nitrogens is 4. The van der Waals surface area contributed by atoms with Crippen LogP contribution in [-0.2, 0) is 13.1 Å². The maximum atomic E-state index is 13.1. The number of halogens is 2.